The van der Waals surface area contributed by atoms with Crippen molar-refractivity contribution in [3.63, 3.8) is 0 Å². The van der Waals surface area contributed by atoms with Gasteiger partial charge in [0.05, 0.1) is 5.69 Å². The summed E-state index contributed by atoms with van der Waals surface area (Å²) < 4.78 is 3.27. The predicted octanol–water partition coefficient (Wildman–Crippen LogP) is 2.15. The minimum atomic E-state index is -0.0609. The van der Waals surface area contributed by atoms with Crippen LogP contribution in [0.1, 0.15) is 44.9 Å². The lowest BCUT2D eigenvalue weighted by atomic mass is 9.92. The van der Waals surface area contributed by atoms with Crippen molar-refractivity contribution in [3.8, 4) is 0 Å². The molecule has 0 aliphatic carbocycles. The van der Waals surface area contributed by atoms with Crippen molar-refractivity contribution in [1.29, 1.82) is 0 Å². The van der Waals surface area contributed by atoms with Gasteiger partial charge in [0.25, 0.3) is 5.56 Å². The molecule has 2 aromatic rings. The Bertz CT molecular complexity index is 899. The van der Waals surface area contributed by atoms with Crippen LogP contribution in [-0.2, 0) is 25.6 Å². The van der Waals surface area contributed by atoms with Gasteiger partial charge in [-0.2, -0.15) is 5.10 Å². The van der Waals surface area contributed by atoms with Crippen molar-refractivity contribution in [3.05, 3.63) is 62.4 Å². The lowest BCUT2D eigenvalue weighted by Gasteiger charge is -2.32. The summed E-state index contributed by atoms with van der Waals surface area (Å²) in [6, 6.07) is 7.02. The molecular formula is C21H30N4O2. The fraction of sp³-hybridized carbons (Fsp3) is 0.571. The van der Waals surface area contributed by atoms with E-state index in [0.29, 0.717) is 12.5 Å². The van der Waals surface area contributed by atoms with Crippen LogP contribution in [0.2, 0.25) is 0 Å². The molecule has 3 rings (SSSR count). The van der Waals surface area contributed by atoms with Gasteiger partial charge in [-0.1, -0.05) is 26.8 Å². The van der Waals surface area contributed by atoms with E-state index >= 15 is 0 Å². The van der Waals surface area contributed by atoms with Crippen molar-refractivity contribution in [1.82, 2.24) is 19.2 Å². The van der Waals surface area contributed by atoms with Crippen molar-refractivity contribution < 1.29 is 0 Å². The Hall–Kier alpha value is -2.21. The van der Waals surface area contributed by atoms with Crippen molar-refractivity contribution in [2.45, 2.75) is 52.1 Å². The smallest absolute Gasteiger partial charge is 0.266 e. The maximum Gasteiger partial charge on any atom is 0.266 e. The fourth-order valence-electron chi connectivity index (χ4n) is 3.55. The Balaban J connectivity index is 1.59. The first-order chi connectivity index (χ1) is 12.7. The number of pyridine rings is 1. The second kappa shape index (κ2) is 7.80. The molecule has 1 fully saturated rings. The minimum Gasteiger partial charge on any atom is -0.318 e. The number of rotatable bonds is 4. The number of aromatic nitrogens is 3. The fourth-order valence-corrected chi connectivity index (χ4v) is 3.55. The maximum absolute atomic E-state index is 12.2. The van der Waals surface area contributed by atoms with Gasteiger partial charge in [-0.05, 0) is 43.5 Å². The topological polar surface area (TPSA) is 60.1 Å². The molecule has 6 nitrogen and oxygen atoms in total. The van der Waals surface area contributed by atoms with Gasteiger partial charge in [0.2, 0.25) is 5.56 Å². The zero-order valence-electron chi connectivity index (χ0n) is 16.8. The van der Waals surface area contributed by atoms with Gasteiger partial charge >= 0.3 is 0 Å². The third kappa shape index (κ3) is 4.95. The van der Waals surface area contributed by atoms with Crippen LogP contribution in [0, 0.1) is 5.92 Å². The first-order valence-corrected chi connectivity index (χ1v) is 9.69. The van der Waals surface area contributed by atoms with Crippen molar-refractivity contribution in [2.24, 2.45) is 13.0 Å². The number of hydrogen-bond donors (Lipinski definition) is 0. The van der Waals surface area contributed by atoms with Gasteiger partial charge in [-0.25, -0.2) is 4.68 Å². The zero-order chi connectivity index (χ0) is 19.6. The Kier molecular flexibility index (Phi) is 5.65. The van der Waals surface area contributed by atoms with E-state index in [1.54, 1.807) is 28.4 Å². The highest BCUT2D eigenvalue weighted by Crippen LogP contribution is 2.21. The lowest BCUT2D eigenvalue weighted by Crippen LogP contribution is -2.37. The third-order valence-corrected chi connectivity index (χ3v) is 5.33. The van der Waals surface area contributed by atoms with Crippen LogP contribution in [0.3, 0.4) is 0 Å². The van der Waals surface area contributed by atoms with Crippen LogP contribution in [0.15, 0.2) is 40.1 Å². The molecule has 0 atom stereocenters. The molecule has 27 heavy (non-hydrogen) atoms. The average molecular weight is 370 g/mol. The highest BCUT2D eigenvalue weighted by Gasteiger charge is 2.22. The summed E-state index contributed by atoms with van der Waals surface area (Å²) in [4.78, 5) is 26.1. The standard InChI is InChI=1S/C21H30N4O2/c1-21(2,3)18-6-8-20(27)25(22-18)15-16-9-11-24(12-10-16)14-17-5-7-19(26)23(4)13-17/h5-8,13,16H,9-12,14-15H2,1-4H3. The van der Waals surface area contributed by atoms with Gasteiger partial charge in [0.15, 0.2) is 0 Å². The molecule has 0 amide bonds. The second-order valence-corrected chi connectivity index (χ2v) is 8.69. The molecule has 1 aliphatic heterocycles. The molecular weight excluding hydrogens is 340 g/mol. The molecule has 146 valence electrons. The number of aryl methyl sites for hydroxylation is 1. The number of hydrogen-bond acceptors (Lipinski definition) is 4. The van der Waals surface area contributed by atoms with E-state index in [4.69, 9.17) is 0 Å². The monoisotopic (exact) mass is 370 g/mol. The maximum atomic E-state index is 12.2. The van der Waals surface area contributed by atoms with E-state index in [9.17, 15) is 9.59 Å². The summed E-state index contributed by atoms with van der Waals surface area (Å²) in [5, 5.41) is 4.60. The van der Waals surface area contributed by atoms with E-state index in [0.717, 1.165) is 43.7 Å². The van der Waals surface area contributed by atoms with E-state index in [1.807, 2.05) is 18.3 Å². The van der Waals surface area contributed by atoms with Crippen molar-refractivity contribution >= 4 is 0 Å². The third-order valence-electron chi connectivity index (χ3n) is 5.33. The average Bonchev–Trinajstić information content (AvgIpc) is 2.61. The largest absolute Gasteiger partial charge is 0.318 e. The first-order valence-electron chi connectivity index (χ1n) is 9.69. The molecule has 1 saturated heterocycles. The number of piperidine rings is 1. The van der Waals surface area contributed by atoms with E-state index in [1.165, 1.54) is 0 Å². The van der Waals surface area contributed by atoms with Crippen molar-refractivity contribution in [2.75, 3.05) is 13.1 Å². The summed E-state index contributed by atoms with van der Waals surface area (Å²) >= 11 is 0. The summed E-state index contributed by atoms with van der Waals surface area (Å²) in [6.07, 6.45) is 4.02. The summed E-state index contributed by atoms with van der Waals surface area (Å²) in [6.45, 7) is 9.89. The Morgan fingerprint density at radius 2 is 1.70 bits per heavy atom. The molecule has 0 N–H and O–H groups in total. The Labute approximate surface area is 160 Å². The predicted molar refractivity (Wildman–Crippen MR) is 107 cm³/mol. The molecule has 1 aliphatic rings. The second-order valence-electron chi connectivity index (χ2n) is 8.69. The van der Waals surface area contributed by atoms with Gasteiger partial charge in [-0.3, -0.25) is 14.5 Å². The summed E-state index contributed by atoms with van der Waals surface area (Å²) in [5.74, 6) is 0.474. The Morgan fingerprint density at radius 1 is 1.04 bits per heavy atom. The molecule has 0 bridgehead atoms. The van der Waals surface area contributed by atoms with Crippen LogP contribution >= 0.6 is 0 Å². The molecule has 6 heteroatoms. The van der Waals surface area contributed by atoms with Crippen LogP contribution in [0.25, 0.3) is 0 Å². The van der Waals surface area contributed by atoms with E-state index in [-0.39, 0.29) is 16.5 Å². The summed E-state index contributed by atoms with van der Waals surface area (Å²) in [7, 11) is 1.79. The molecule has 0 radical (unpaired) electrons. The molecule has 0 saturated carbocycles. The van der Waals surface area contributed by atoms with E-state index in [2.05, 4.69) is 30.8 Å². The molecule has 2 aromatic heterocycles. The summed E-state index contributed by atoms with van der Waals surface area (Å²) in [5.41, 5.74) is 2.05. The highest BCUT2D eigenvalue weighted by atomic mass is 16.1. The molecule has 0 unspecified atom stereocenters. The Morgan fingerprint density at radius 3 is 2.33 bits per heavy atom. The quantitative estimate of drug-likeness (QED) is 0.827. The number of likely N-dealkylation sites (tertiary alicyclic amines) is 1. The lowest BCUT2D eigenvalue weighted by molar-refractivity contribution is 0.163. The van der Waals surface area contributed by atoms with Crippen LogP contribution in [0.4, 0.5) is 0 Å². The molecule has 0 spiro atoms. The van der Waals surface area contributed by atoms with E-state index < -0.39 is 0 Å². The SMILES string of the molecule is Cn1cc(CN2CCC(Cn3nc(C(C)(C)C)ccc3=O)CC2)ccc1=O. The van der Waals surface area contributed by atoms with Crippen LogP contribution in [0.5, 0.6) is 0 Å². The van der Waals surface area contributed by atoms with Crippen LogP contribution < -0.4 is 11.1 Å². The zero-order valence-corrected chi connectivity index (χ0v) is 16.8. The van der Waals surface area contributed by atoms with Gasteiger partial charge in [0.1, 0.15) is 0 Å². The number of nitrogens with zero attached hydrogens (tertiary/aromatic N) is 4. The first kappa shape index (κ1) is 19.5. The van der Waals surface area contributed by atoms with Gasteiger partial charge in [0, 0.05) is 43.9 Å². The highest BCUT2D eigenvalue weighted by molar-refractivity contribution is 5.11. The molecule has 3 heterocycles. The normalized spacial score (nSPS) is 16.6. The van der Waals surface area contributed by atoms with Crippen LogP contribution in [-0.4, -0.2) is 32.3 Å². The van der Waals surface area contributed by atoms with Gasteiger partial charge < -0.3 is 4.57 Å². The molecule has 0 aromatic carbocycles. The van der Waals surface area contributed by atoms with Gasteiger partial charge in [-0.15, -0.1) is 0 Å². The minimum absolute atomic E-state index is 0.0179.